The number of carbonyl (C=O) groups is 4. The van der Waals surface area contributed by atoms with Gasteiger partial charge in [-0.3, -0.25) is 9.80 Å². The van der Waals surface area contributed by atoms with Crippen molar-refractivity contribution in [2.24, 2.45) is 5.41 Å². The summed E-state index contributed by atoms with van der Waals surface area (Å²) in [6.45, 7) is 14.3. The van der Waals surface area contributed by atoms with E-state index < -0.39 is 58.7 Å². The summed E-state index contributed by atoms with van der Waals surface area (Å²) in [7, 11) is 2.47. The molecule has 3 rings (SSSR count). The van der Waals surface area contributed by atoms with Gasteiger partial charge in [0.2, 0.25) is 0 Å². The van der Waals surface area contributed by atoms with E-state index in [1.165, 1.54) is 19.1 Å². The SMILES string of the molecule is C=C1C[C@@H](C(=O)OC)N(C(=O)OC(C)(C)C)C1.COC(=O)[C@@H]1CC2(CN1C(=O)OC(C)(C)C)CC2(F)F. The summed E-state index contributed by atoms with van der Waals surface area (Å²) in [6.07, 6.45) is -1.20. The van der Waals surface area contributed by atoms with Crippen LogP contribution in [0.1, 0.15) is 60.8 Å². The first-order chi connectivity index (χ1) is 16.8. The van der Waals surface area contributed by atoms with Gasteiger partial charge in [-0.05, 0) is 48.0 Å². The van der Waals surface area contributed by atoms with Crippen LogP contribution in [0.25, 0.3) is 0 Å². The molecule has 10 nitrogen and oxygen atoms in total. The lowest BCUT2D eigenvalue weighted by atomic mass is 10.0. The van der Waals surface area contributed by atoms with Crippen LogP contribution < -0.4 is 0 Å². The van der Waals surface area contributed by atoms with Gasteiger partial charge >= 0.3 is 24.1 Å². The Kier molecular flexibility index (Phi) is 8.56. The molecule has 2 saturated heterocycles. The number of likely N-dealkylation sites (tertiary alicyclic amines) is 2. The number of hydrogen-bond acceptors (Lipinski definition) is 8. The molecule has 3 fully saturated rings. The van der Waals surface area contributed by atoms with Gasteiger partial charge in [0.25, 0.3) is 5.92 Å². The van der Waals surface area contributed by atoms with Gasteiger partial charge in [-0.2, -0.15) is 0 Å². The second-order valence-electron chi connectivity index (χ2n) is 11.6. The van der Waals surface area contributed by atoms with Crippen molar-refractivity contribution in [2.75, 3.05) is 27.3 Å². The largest absolute Gasteiger partial charge is 0.467 e. The minimum atomic E-state index is -2.82. The van der Waals surface area contributed by atoms with Crippen molar-refractivity contribution >= 4 is 24.1 Å². The number of rotatable bonds is 2. The molecule has 2 heterocycles. The normalized spacial score (nSPS) is 26.3. The van der Waals surface area contributed by atoms with Crippen molar-refractivity contribution in [1.29, 1.82) is 0 Å². The van der Waals surface area contributed by atoms with Gasteiger partial charge in [0.05, 0.1) is 19.6 Å². The third-order valence-corrected chi connectivity index (χ3v) is 6.10. The Labute approximate surface area is 216 Å². The molecule has 0 aromatic rings. The summed E-state index contributed by atoms with van der Waals surface area (Å²) in [5.41, 5.74) is -1.80. The summed E-state index contributed by atoms with van der Waals surface area (Å²) < 4.78 is 46.6. The average molecular weight is 533 g/mol. The molecule has 0 aromatic heterocycles. The maximum Gasteiger partial charge on any atom is 0.411 e. The zero-order valence-electron chi connectivity index (χ0n) is 22.8. The number of halogens is 2. The molecule has 0 aromatic carbocycles. The smallest absolute Gasteiger partial charge is 0.411 e. The quantitative estimate of drug-likeness (QED) is 0.299. The van der Waals surface area contributed by atoms with Gasteiger partial charge in [0.1, 0.15) is 23.3 Å². The minimum Gasteiger partial charge on any atom is -0.467 e. The van der Waals surface area contributed by atoms with E-state index in [9.17, 15) is 28.0 Å². The predicted octanol–water partition coefficient (Wildman–Crippen LogP) is 3.92. The molecule has 3 aliphatic rings. The monoisotopic (exact) mass is 532 g/mol. The van der Waals surface area contributed by atoms with Crippen LogP contribution in [0.4, 0.5) is 18.4 Å². The molecule has 1 saturated carbocycles. The molecule has 0 bridgehead atoms. The third-order valence-electron chi connectivity index (χ3n) is 6.10. The summed E-state index contributed by atoms with van der Waals surface area (Å²) in [5.74, 6) is -3.94. The zero-order chi connectivity index (χ0) is 28.6. The van der Waals surface area contributed by atoms with Crippen molar-refractivity contribution in [2.45, 2.75) is 90.0 Å². The molecular formula is C25H38F2N2O8. The molecule has 2 aliphatic heterocycles. The fourth-order valence-corrected chi connectivity index (χ4v) is 4.27. The number of esters is 2. The van der Waals surface area contributed by atoms with E-state index in [1.807, 2.05) is 0 Å². The van der Waals surface area contributed by atoms with Crippen LogP contribution in [-0.2, 0) is 28.5 Å². The van der Waals surface area contributed by atoms with E-state index >= 15 is 0 Å². The number of ether oxygens (including phenoxy) is 4. The van der Waals surface area contributed by atoms with E-state index in [4.69, 9.17) is 9.47 Å². The minimum absolute atomic E-state index is 0.0775. The molecule has 12 heteroatoms. The Morgan fingerprint density at radius 2 is 1.30 bits per heavy atom. The Morgan fingerprint density at radius 3 is 1.70 bits per heavy atom. The highest BCUT2D eigenvalue weighted by molar-refractivity contribution is 5.83. The molecule has 0 radical (unpaired) electrons. The first-order valence-corrected chi connectivity index (χ1v) is 12.0. The van der Waals surface area contributed by atoms with Crippen molar-refractivity contribution in [3.8, 4) is 0 Å². The maximum atomic E-state index is 13.5. The first-order valence-electron chi connectivity index (χ1n) is 12.0. The fraction of sp³-hybridized carbons (Fsp3) is 0.760. The van der Waals surface area contributed by atoms with Gasteiger partial charge in [0, 0.05) is 25.9 Å². The third kappa shape index (κ3) is 7.32. The number of methoxy groups -OCH3 is 2. The Bertz CT molecular complexity index is 940. The molecular weight excluding hydrogens is 494 g/mol. The van der Waals surface area contributed by atoms with Crippen molar-refractivity contribution < 1.29 is 46.9 Å². The summed E-state index contributed by atoms with van der Waals surface area (Å²) >= 11 is 0. The van der Waals surface area contributed by atoms with Crippen LogP contribution >= 0.6 is 0 Å². The van der Waals surface area contributed by atoms with Crippen LogP contribution in [0.3, 0.4) is 0 Å². The highest BCUT2D eigenvalue weighted by atomic mass is 19.3. The van der Waals surface area contributed by atoms with Gasteiger partial charge < -0.3 is 18.9 Å². The van der Waals surface area contributed by atoms with E-state index in [1.54, 1.807) is 41.5 Å². The van der Waals surface area contributed by atoms with Crippen LogP contribution in [0.5, 0.6) is 0 Å². The number of amides is 2. The summed E-state index contributed by atoms with van der Waals surface area (Å²) in [4.78, 5) is 49.6. The topological polar surface area (TPSA) is 112 Å². The lowest BCUT2D eigenvalue weighted by Gasteiger charge is -2.27. The van der Waals surface area contributed by atoms with Gasteiger partial charge in [-0.1, -0.05) is 12.2 Å². The van der Waals surface area contributed by atoms with E-state index in [-0.39, 0.29) is 19.4 Å². The number of nitrogens with zero attached hydrogens (tertiary/aromatic N) is 2. The zero-order valence-corrected chi connectivity index (χ0v) is 22.8. The lowest BCUT2D eigenvalue weighted by Crippen LogP contribution is -2.44. The Balaban J connectivity index is 0.000000264. The Hall–Kier alpha value is -2.92. The Morgan fingerprint density at radius 1 is 0.865 bits per heavy atom. The molecule has 210 valence electrons. The van der Waals surface area contributed by atoms with Crippen LogP contribution in [0, 0.1) is 5.41 Å². The molecule has 1 spiro atoms. The van der Waals surface area contributed by atoms with Crippen molar-refractivity contribution in [3.05, 3.63) is 12.2 Å². The number of carbonyl (C=O) groups excluding carboxylic acids is 4. The van der Waals surface area contributed by atoms with Crippen molar-refractivity contribution in [3.63, 3.8) is 0 Å². The van der Waals surface area contributed by atoms with Crippen molar-refractivity contribution in [1.82, 2.24) is 9.80 Å². The van der Waals surface area contributed by atoms with Crippen LogP contribution in [0.15, 0.2) is 12.2 Å². The fourth-order valence-electron chi connectivity index (χ4n) is 4.27. The highest BCUT2D eigenvalue weighted by Gasteiger charge is 2.75. The van der Waals surface area contributed by atoms with E-state index in [0.29, 0.717) is 13.0 Å². The maximum absolute atomic E-state index is 13.5. The predicted molar refractivity (Wildman–Crippen MR) is 128 cm³/mol. The van der Waals surface area contributed by atoms with E-state index in [2.05, 4.69) is 16.1 Å². The number of hydrogen-bond donors (Lipinski definition) is 0. The molecule has 1 unspecified atom stereocenters. The number of alkyl halides is 2. The van der Waals surface area contributed by atoms with Crippen LogP contribution in [-0.4, -0.2) is 90.4 Å². The second kappa shape index (κ2) is 10.4. The molecule has 2 amide bonds. The highest BCUT2D eigenvalue weighted by Crippen LogP contribution is 2.66. The molecule has 1 aliphatic carbocycles. The molecule has 37 heavy (non-hydrogen) atoms. The summed E-state index contributed by atoms with van der Waals surface area (Å²) in [6, 6.07) is -1.61. The molecule has 0 N–H and O–H groups in total. The van der Waals surface area contributed by atoms with Crippen LogP contribution in [0.2, 0.25) is 0 Å². The molecule has 3 atom stereocenters. The van der Waals surface area contributed by atoms with E-state index in [0.717, 1.165) is 10.5 Å². The second-order valence-corrected chi connectivity index (χ2v) is 11.6. The summed E-state index contributed by atoms with van der Waals surface area (Å²) in [5, 5.41) is 0. The van der Waals surface area contributed by atoms with Gasteiger partial charge in [0.15, 0.2) is 0 Å². The standard InChI is InChI=1S/C13H19F2NO4.C12H19NO4/c1-11(2,3)20-10(18)16-7-12(6-13(12,14)15)5-8(16)9(17)19-4;1-8-6-9(10(14)16-5)13(7-8)11(15)17-12(2,3)4/h8H,5-7H2,1-4H3;9H,1,6-7H2,2-5H3/t8-,12?;9-/m00/s1. The van der Waals surface area contributed by atoms with Gasteiger partial charge in [-0.15, -0.1) is 0 Å². The first kappa shape index (κ1) is 30.3. The average Bonchev–Trinajstić information content (AvgIpc) is 3.07. The van der Waals surface area contributed by atoms with Gasteiger partial charge in [-0.25, -0.2) is 28.0 Å². The lowest BCUT2D eigenvalue weighted by molar-refractivity contribution is -0.146.